The number of allylic oxidation sites excluding steroid dienone is 2. The summed E-state index contributed by atoms with van der Waals surface area (Å²) < 4.78 is 0. The number of aliphatic hydroxyl groups is 1. The highest BCUT2D eigenvalue weighted by Gasteiger charge is 2.41. The van der Waals surface area contributed by atoms with Crippen LogP contribution in [0.1, 0.15) is 51.9 Å². The average molecular weight is 277 g/mol. The highest BCUT2D eigenvalue weighted by molar-refractivity contribution is 5.80. The SMILES string of the molecule is CC1CCC(O)C(C2CCCN2C(=O)C2CC=CC2)C1. The average Bonchev–Trinajstić information content (AvgIpc) is 3.11. The summed E-state index contributed by atoms with van der Waals surface area (Å²) in [6, 6.07) is 0.292. The number of carbonyl (C=O) groups excluding carboxylic acids is 1. The van der Waals surface area contributed by atoms with Crippen molar-refractivity contribution in [3.8, 4) is 0 Å². The molecule has 0 radical (unpaired) electrons. The molecule has 2 aliphatic carbocycles. The molecule has 4 unspecified atom stereocenters. The van der Waals surface area contributed by atoms with Crippen molar-refractivity contribution in [3.05, 3.63) is 12.2 Å². The lowest BCUT2D eigenvalue weighted by Gasteiger charge is -2.40. The zero-order chi connectivity index (χ0) is 14.1. The number of hydrogen-bond acceptors (Lipinski definition) is 2. The highest BCUT2D eigenvalue weighted by Crippen LogP contribution is 2.38. The van der Waals surface area contributed by atoms with Crippen LogP contribution in [0.25, 0.3) is 0 Å². The molecule has 3 nitrogen and oxygen atoms in total. The van der Waals surface area contributed by atoms with Gasteiger partial charge in [-0.1, -0.05) is 19.1 Å². The van der Waals surface area contributed by atoms with Gasteiger partial charge in [-0.25, -0.2) is 0 Å². The van der Waals surface area contributed by atoms with E-state index in [-0.39, 0.29) is 12.0 Å². The largest absolute Gasteiger partial charge is 0.393 e. The summed E-state index contributed by atoms with van der Waals surface area (Å²) in [5, 5.41) is 10.4. The van der Waals surface area contributed by atoms with E-state index in [1.54, 1.807) is 0 Å². The summed E-state index contributed by atoms with van der Waals surface area (Å²) in [6.07, 6.45) is 11.2. The van der Waals surface area contributed by atoms with Crippen molar-refractivity contribution in [1.82, 2.24) is 4.90 Å². The summed E-state index contributed by atoms with van der Waals surface area (Å²) >= 11 is 0. The van der Waals surface area contributed by atoms with E-state index in [1.165, 1.54) is 0 Å². The molecule has 3 rings (SSSR count). The van der Waals surface area contributed by atoms with E-state index in [4.69, 9.17) is 0 Å². The fourth-order valence-corrected chi connectivity index (χ4v) is 4.39. The Morgan fingerprint density at radius 3 is 2.70 bits per heavy atom. The molecule has 1 saturated heterocycles. The van der Waals surface area contributed by atoms with Crippen LogP contribution >= 0.6 is 0 Å². The van der Waals surface area contributed by atoms with Crippen LogP contribution in [0.2, 0.25) is 0 Å². The van der Waals surface area contributed by atoms with Gasteiger partial charge in [0.1, 0.15) is 0 Å². The van der Waals surface area contributed by atoms with Crippen LogP contribution in [-0.4, -0.2) is 34.6 Å². The van der Waals surface area contributed by atoms with Gasteiger partial charge in [-0.05, 0) is 50.9 Å². The van der Waals surface area contributed by atoms with Gasteiger partial charge < -0.3 is 10.0 Å². The molecule has 2 fully saturated rings. The second-order valence-electron chi connectivity index (χ2n) is 7.03. The molecule has 0 aromatic heterocycles. The Hall–Kier alpha value is -0.830. The molecule has 3 heteroatoms. The predicted octanol–water partition coefficient (Wildman–Crippen LogP) is 2.74. The van der Waals surface area contributed by atoms with Gasteiger partial charge in [0.2, 0.25) is 5.91 Å². The van der Waals surface area contributed by atoms with Crippen molar-refractivity contribution in [2.75, 3.05) is 6.54 Å². The maximum Gasteiger partial charge on any atom is 0.226 e. The van der Waals surface area contributed by atoms with E-state index >= 15 is 0 Å². The fourth-order valence-electron chi connectivity index (χ4n) is 4.39. The van der Waals surface area contributed by atoms with Crippen molar-refractivity contribution in [2.45, 2.75) is 64.0 Å². The zero-order valence-electron chi connectivity index (χ0n) is 12.5. The quantitative estimate of drug-likeness (QED) is 0.788. The van der Waals surface area contributed by atoms with Gasteiger partial charge in [-0.2, -0.15) is 0 Å². The number of hydrogen-bond donors (Lipinski definition) is 1. The molecule has 1 amide bonds. The van der Waals surface area contributed by atoms with E-state index in [0.717, 1.165) is 51.5 Å². The molecule has 0 spiro atoms. The topological polar surface area (TPSA) is 40.5 Å². The van der Waals surface area contributed by atoms with Crippen molar-refractivity contribution in [3.63, 3.8) is 0 Å². The molecule has 3 aliphatic rings. The molecule has 1 heterocycles. The smallest absolute Gasteiger partial charge is 0.226 e. The fraction of sp³-hybridized carbons (Fsp3) is 0.824. The van der Waals surface area contributed by atoms with Crippen LogP contribution in [0.4, 0.5) is 0 Å². The maximum atomic E-state index is 12.7. The molecular weight excluding hydrogens is 250 g/mol. The highest BCUT2D eigenvalue weighted by atomic mass is 16.3. The molecule has 1 N–H and O–H groups in total. The van der Waals surface area contributed by atoms with Gasteiger partial charge in [0.05, 0.1) is 6.10 Å². The number of carbonyl (C=O) groups is 1. The minimum absolute atomic E-state index is 0.175. The molecule has 0 aromatic rings. The predicted molar refractivity (Wildman–Crippen MR) is 79.1 cm³/mol. The monoisotopic (exact) mass is 277 g/mol. The van der Waals surface area contributed by atoms with Crippen LogP contribution in [0.3, 0.4) is 0 Å². The van der Waals surface area contributed by atoms with Crippen molar-refractivity contribution < 1.29 is 9.90 Å². The Morgan fingerprint density at radius 2 is 1.95 bits per heavy atom. The number of aliphatic hydroxyl groups excluding tert-OH is 1. The first kappa shape index (κ1) is 14.1. The van der Waals surface area contributed by atoms with Crippen LogP contribution < -0.4 is 0 Å². The third kappa shape index (κ3) is 2.65. The van der Waals surface area contributed by atoms with E-state index in [0.29, 0.717) is 23.8 Å². The second kappa shape index (κ2) is 5.88. The summed E-state index contributed by atoms with van der Waals surface area (Å²) in [4.78, 5) is 14.8. The third-order valence-corrected chi connectivity index (χ3v) is 5.56. The molecule has 1 saturated carbocycles. The summed E-state index contributed by atoms with van der Waals surface area (Å²) in [7, 11) is 0. The van der Waals surface area contributed by atoms with Crippen molar-refractivity contribution in [2.24, 2.45) is 17.8 Å². The second-order valence-corrected chi connectivity index (χ2v) is 7.03. The van der Waals surface area contributed by atoms with Gasteiger partial charge >= 0.3 is 0 Å². The lowest BCUT2D eigenvalue weighted by atomic mass is 9.76. The lowest BCUT2D eigenvalue weighted by Crippen LogP contribution is -2.47. The molecular formula is C17H27NO2. The van der Waals surface area contributed by atoms with Gasteiger partial charge in [0.15, 0.2) is 0 Å². The number of rotatable bonds is 2. The lowest BCUT2D eigenvalue weighted by molar-refractivity contribution is -0.138. The van der Waals surface area contributed by atoms with Crippen LogP contribution in [0.15, 0.2) is 12.2 Å². The van der Waals surface area contributed by atoms with E-state index < -0.39 is 0 Å². The number of amides is 1. The van der Waals surface area contributed by atoms with E-state index in [2.05, 4.69) is 24.0 Å². The summed E-state index contributed by atoms with van der Waals surface area (Å²) in [5.41, 5.74) is 0. The normalized spacial score (nSPS) is 38.6. The summed E-state index contributed by atoms with van der Waals surface area (Å²) in [5.74, 6) is 1.50. The molecule has 112 valence electrons. The van der Waals surface area contributed by atoms with Gasteiger partial charge in [-0.3, -0.25) is 4.79 Å². The van der Waals surface area contributed by atoms with Crippen LogP contribution in [-0.2, 0) is 4.79 Å². The number of likely N-dealkylation sites (tertiary alicyclic amines) is 1. The van der Waals surface area contributed by atoms with Crippen LogP contribution in [0, 0.1) is 17.8 Å². The van der Waals surface area contributed by atoms with Crippen LogP contribution in [0.5, 0.6) is 0 Å². The third-order valence-electron chi connectivity index (χ3n) is 5.56. The first-order valence-electron chi connectivity index (χ1n) is 8.30. The van der Waals surface area contributed by atoms with Crippen molar-refractivity contribution >= 4 is 5.91 Å². The Labute approximate surface area is 122 Å². The Morgan fingerprint density at radius 1 is 1.20 bits per heavy atom. The summed E-state index contributed by atoms with van der Waals surface area (Å²) in [6.45, 7) is 3.18. The molecule has 20 heavy (non-hydrogen) atoms. The van der Waals surface area contributed by atoms with Crippen molar-refractivity contribution in [1.29, 1.82) is 0 Å². The first-order chi connectivity index (χ1) is 9.66. The zero-order valence-corrected chi connectivity index (χ0v) is 12.5. The van der Waals surface area contributed by atoms with Gasteiger partial charge in [-0.15, -0.1) is 0 Å². The number of nitrogens with zero attached hydrogens (tertiary/aromatic N) is 1. The van der Waals surface area contributed by atoms with E-state index in [9.17, 15) is 9.90 Å². The molecule has 0 bridgehead atoms. The minimum Gasteiger partial charge on any atom is -0.393 e. The van der Waals surface area contributed by atoms with Gasteiger partial charge in [0.25, 0.3) is 0 Å². The Bertz CT molecular complexity index is 384. The molecule has 0 aromatic carbocycles. The van der Waals surface area contributed by atoms with Gasteiger partial charge in [0, 0.05) is 24.4 Å². The first-order valence-corrected chi connectivity index (χ1v) is 8.30. The molecule has 4 atom stereocenters. The van der Waals surface area contributed by atoms with E-state index in [1.807, 2.05) is 0 Å². The molecule has 1 aliphatic heterocycles. The maximum absolute atomic E-state index is 12.7. The Kier molecular flexibility index (Phi) is 4.16. The standard InChI is InChI=1S/C17H27NO2/c1-12-8-9-16(19)14(11-12)15-7-4-10-18(15)17(20)13-5-2-3-6-13/h2-3,12-16,19H,4-11H2,1H3. The minimum atomic E-state index is -0.202. The Balaban J connectivity index is 1.69.